The van der Waals surface area contributed by atoms with Crippen LogP contribution in [0.4, 0.5) is 5.69 Å². The summed E-state index contributed by atoms with van der Waals surface area (Å²) in [6.07, 6.45) is 7.72. The highest BCUT2D eigenvalue weighted by atomic mass is 15.1. The molecule has 21 heavy (non-hydrogen) atoms. The average molecular weight is 281 g/mol. The second-order valence-corrected chi connectivity index (χ2v) is 5.67. The van der Waals surface area contributed by atoms with Gasteiger partial charge in [0, 0.05) is 44.3 Å². The summed E-state index contributed by atoms with van der Waals surface area (Å²) >= 11 is 0. The highest BCUT2D eigenvalue weighted by Crippen LogP contribution is 2.20. The van der Waals surface area contributed by atoms with Gasteiger partial charge in [-0.15, -0.1) is 0 Å². The summed E-state index contributed by atoms with van der Waals surface area (Å²) in [7, 11) is 0. The number of nitrogens with one attached hydrogen (secondary N) is 1. The van der Waals surface area contributed by atoms with Crippen LogP contribution in [-0.4, -0.2) is 18.1 Å². The number of pyridine rings is 1. The van der Waals surface area contributed by atoms with Crippen LogP contribution in [0.25, 0.3) is 0 Å². The van der Waals surface area contributed by atoms with E-state index >= 15 is 0 Å². The zero-order valence-corrected chi connectivity index (χ0v) is 12.5. The summed E-state index contributed by atoms with van der Waals surface area (Å²) in [4.78, 5) is 6.53. The molecule has 0 aliphatic carbocycles. The molecular weight excluding hydrogens is 258 g/mol. The molecule has 1 saturated heterocycles. The van der Waals surface area contributed by atoms with E-state index in [1.165, 1.54) is 49.2 Å². The first kappa shape index (κ1) is 14.1. The molecule has 1 aliphatic heterocycles. The van der Waals surface area contributed by atoms with Gasteiger partial charge in [-0.05, 0) is 54.7 Å². The van der Waals surface area contributed by atoms with E-state index in [0.29, 0.717) is 0 Å². The van der Waals surface area contributed by atoms with E-state index in [1.807, 2.05) is 24.5 Å². The number of aromatic nitrogens is 1. The minimum Gasteiger partial charge on any atom is -0.372 e. The Balaban J connectivity index is 1.50. The third kappa shape index (κ3) is 4.05. The van der Waals surface area contributed by atoms with Gasteiger partial charge < -0.3 is 10.2 Å². The lowest BCUT2D eigenvalue weighted by atomic mass is 10.1. The second kappa shape index (κ2) is 7.23. The molecule has 0 bridgehead atoms. The summed E-state index contributed by atoms with van der Waals surface area (Å²) < 4.78 is 0. The van der Waals surface area contributed by atoms with Crippen molar-refractivity contribution in [2.75, 3.05) is 18.0 Å². The first-order chi connectivity index (χ1) is 10.4. The van der Waals surface area contributed by atoms with Gasteiger partial charge in [0.05, 0.1) is 0 Å². The zero-order valence-electron chi connectivity index (χ0n) is 12.5. The number of benzene rings is 1. The largest absolute Gasteiger partial charge is 0.372 e. The molecule has 0 atom stereocenters. The van der Waals surface area contributed by atoms with Crippen LogP contribution in [0.15, 0.2) is 48.8 Å². The monoisotopic (exact) mass is 281 g/mol. The van der Waals surface area contributed by atoms with E-state index in [2.05, 4.69) is 39.5 Å². The van der Waals surface area contributed by atoms with Crippen LogP contribution in [0.5, 0.6) is 0 Å². The Morgan fingerprint density at radius 3 is 2.10 bits per heavy atom. The van der Waals surface area contributed by atoms with Crippen LogP contribution in [0.3, 0.4) is 0 Å². The standard InChI is InChI=1S/C18H23N3/c1-2-12-21(13-3-1)18-6-4-16(5-7-18)14-20-15-17-8-10-19-11-9-17/h4-11,20H,1-3,12-15H2. The van der Waals surface area contributed by atoms with Gasteiger partial charge in [0.15, 0.2) is 0 Å². The number of hydrogen-bond donors (Lipinski definition) is 1. The number of rotatable bonds is 5. The van der Waals surface area contributed by atoms with E-state index in [1.54, 1.807) is 0 Å². The van der Waals surface area contributed by atoms with Crippen molar-refractivity contribution < 1.29 is 0 Å². The molecule has 0 spiro atoms. The molecule has 110 valence electrons. The molecule has 2 heterocycles. The summed E-state index contributed by atoms with van der Waals surface area (Å²) in [5.41, 5.74) is 3.98. The zero-order chi connectivity index (χ0) is 14.3. The fraction of sp³-hybridized carbons (Fsp3) is 0.389. The molecule has 3 heteroatoms. The highest BCUT2D eigenvalue weighted by molar-refractivity contribution is 5.47. The minimum atomic E-state index is 0.885. The summed E-state index contributed by atoms with van der Waals surface area (Å²) in [6, 6.07) is 13.1. The number of piperidine rings is 1. The Morgan fingerprint density at radius 1 is 0.810 bits per heavy atom. The molecule has 1 aromatic carbocycles. The highest BCUT2D eigenvalue weighted by Gasteiger charge is 2.10. The maximum Gasteiger partial charge on any atom is 0.0366 e. The lowest BCUT2D eigenvalue weighted by molar-refractivity contribution is 0.578. The van der Waals surface area contributed by atoms with Crippen LogP contribution < -0.4 is 10.2 Å². The first-order valence-corrected chi connectivity index (χ1v) is 7.85. The van der Waals surface area contributed by atoms with E-state index in [0.717, 1.165) is 13.1 Å². The van der Waals surface area contributed by atoms with Gasteiger partial charge in [-0.2, -0.15) is 0 Å². The second-order valence-electron chi connectivity index (χ2n) is 5.67. The molecule has 1 aliphatic rings. The molecule has 1 N–H and O–H groups in total. The van der Waals surface area contributed by atoms with Crippen molar-refractivity contribution in [1.29, 1.82) is 0 Å². The molecule has 0 saturated carbocycles. The molecule has 0 unspecified atom stereocenters. The fourth-order valence-electron chi connectivity index (χ4n) is 2.83. The molecule has 3 rings (SSSR count). The summed E-state index contributed by atoms with van der Waals surface area (Å²) in [5, 5.41) is 3.48. The SMILES string of the molecule is c1cc(CNCc2ccc(N3CCCCC3)cc2)ccn1. The van der Waals surface area contributed by atoms with Gasteiger partial charge in [-0.1, -0.05) is 12.1 Å². The summed E-state index contributed by atoms with van der Waals surface area (Å²) in [5.74, 6) is 0. The molecule has 1 fully saturated rings. The van der Waals surface area contributed by atoms with Crippen LogP contribution in [0, 0.1) is 0 Å². The van der Waals surface area contributed by atoms with Gasteiger partial charge in [0.1, 0.15) is 0 Å². The molecule has 0 radical (unpaired) electrons. The minimum absolute atomic E-state index is 0.885. The maximum atomic E-state index is 4.03. The summed E-state index contributed by atoms with van der Waals surface area (Å²) in [6.45, 7) is 4.21. The maximum absolute atomic E-state index is 4.03. The lowest BCUT2D eigenvalue weighted by Crippen LogP contribution is -2.29. The van der Waals surface area contributed by atoms with Crippen molar-refractivity contribution in [2.45, 2.75) is 32.4 Å². The van der Waals surface area contributed by atoms with Crippen LogP contribution >= 0.6 is 0 Å². The predicted octanol–water partition coefficient (Wildman–Crippen LogP) is 3.36. The predicted molar refractivity (Wildman–Crippen MR) is 87.3 cm³/mol. The average Bonchev–Trinajstić information content (AvgIpc) is 2.57. The van der Waals surface area contributed by atoms with Crippen molar-refractivity contribution in [3.8, 4) is 0 Å². The molecule has 1 aromatic heterocycles. The third-order valence-electron chi connectivity index (χ3n) is 4.07. The molecule has 2 aromatic rings. The van der Waals surface area contributed by atoms with Crippen LogP contribution in [0.1, 0.15) is 30.4 Å². The topological polar surface area (TPSA) is 28.2 Å². The molecular formula is C18H23N3. The van der Waals surface area contributed by atoms with E-state index < -0.39 is 0 Å². The number of anilines is 1. The third-order valence-corrected chi connectivity index (χ3v) is 4.07. The Kier molecular flexibility index (Phi) is 4.85. The van der Waals surface area contributed by atoms with Gasteiger partial charge >= 0.3 is 0 Å². The van der Waals surface area contributed by atoms with E-state index in [9.17, 15) is 0 Å². The Morgan fingerprint density at radius 2 is 1.43 bits per heavy atom. The van der Waals surface area contributed by atoms with Gasteiger partial charge in [0.2, 0.25) is 0 Å². The number of hydrogen-bond acceptors (Lipinski definition) is 3. The normalized spacial score (nSPS) is 15.1. The van der Waals surface area contributed by atoms with Crippen molar-refractivity contribution >= 4 is 5.69 Å². The van der Waals surface area contributed by atoms with E-state index in [4.69, 9.17) is 0 Å². The van der Waals surface area contributed by atoms with Gasteiger partial charge in [0.25, 0.3) is 0 Å². The fourth-order valence-corrected chi connectivity index (χ4v) is 2.83. The van der Waals surface area contributed by atoms with E-state index in [-0.39, 0.29) is 0 Å². The van der Waals surface area contributed by atoms with Crippen molar-refractivity contribution in [3.05, 3.63) is 59.9 Å². The lowest BCUT2D eigenvalue weighted by Gasteiger charge is -2.28. The number of nitrogens with zero attached hydrogens (tertiary/aromatic N) is 2. The van der Waals surface area contributed by atoms with Crippen LogP contribution in [0.2, 0.25) is 0 Å². The van der Waals surface area contributed by atoms with Crippen molar-refractivity contribution in [2.24, 2.45) is 0 Å². The van der Waals surface area contributed by atoms with Crippen molar-refractivity contribution in [1.82, 2.24) is 10.3 Å². The molecule has 3 nitrogen and oxygen atoms in total. The van der Waals surface area contributed by atoms with Crippen molar-refractivity contribution in [3.63, 3.8) is 0 Å². The van der Waals surface area contributed by atoms with Gasteiger partial charge in [-0.25, -0.2) is 0 Å². The molecule has 0 amide bonds. The Labute approximate surface area is 127 Å². The van der Waals surface area contributed by atoms with Crippen LogP contribution in [-0.2, 0) is 13.1 Å². The first-order valence-electron chi connectivity index (χ1n) is 7.85. The quantitative estimate of drug-likeness (QED) is 0.911. The smallest absolute Gasteiger partial charge is 0.0366 e. The van der Waals surface area contributed by atoms with Gasteiger partial charge in [-0.3, -0.25) is 4.98 Å². The Bertz CT molecular complexity index is 530. The Hall–Kier alpha value is -1.87.